The lowest BCUT2D eigenvalue weighted by atomic mass is 10.1. The highest BCUT2D eigenvalue weighted by Crippen LogP contribution is 2.30. The lowest BCUT2D eigenvalue weighted by Crippen LogP contribution is -2.40. The summed E-state index contributed by atoms with van der Waals surface area (Å²) >= 11 is 0. The molecule has 1 fully saturated rings. The summed E-state index contributed by atoms with van der Waals surface area (Å²) in [5.41, 5.74) is 2.43. The Bertz CT molecular complexity index is 1520. The van der Waals surface area contributed by atoms with Gasteiger partial charge in [0.25, 0.3) is 5.91 Å². The molecule has 0 aliphatic heterocycles. The van der Waals surface area contributed by atoms with Crippen molar-refractivity contribution in [1.82, 2.24) is 29.7 Å². The number of aromatic nitrogens is 4. The molecule has 0 saturated heterocycles. The predicted octanol–water partition coefficient (Wildman–Crippen LogP) is 5.98. The second-order valence-corrected chi connectivity index (χ2v) is 11.3. The molecule has 1 amide bonds. The highest BCUT2D eigenvalue weighted by Gasteiger charge is 2.30. The van der Waals surface area contributed by atoms with Crippen LogP contribution in [0.3, 0.4) is 0 Å². The van der Waals surface area contributed by atoms with Crippen LogP contribution in [0, 0.1) is 0 Å². The largest absolute Gasteiger partial charge is 0.416 e. The first kappa shape index (κ1) is 29.5. The van der Waals surface area contributed by atoms with Crippen LogP contribution in [0.25, 0.3) is 22.6 Å². The molecule has 0 spiro atoms. The zero-order valence-electron chi connectivity index (χ0n) is 24.2. The van der Waals surface area contributed by atoms with Gasteiger partial charge in [0.15, 0.2) is 17.3 Å². The minimum absolute atomic E-state index is 0.0998. The van der Waals surface area contributed by atoms with E-state index >= 15 is 0 Å². The van der Waals surface area contributed by atoms with Crippen molar-refractivity contribution in [2.45, 2.75) is 71.4 Å². The second kappa shape index (κ2) is 12.1. The topological polar surface area (TPSA) is 88.0 Å². The fourth-order valence-corrected chi connectivity index (χ4v) is 4.99. The number of fused-ring (bicyclic) bond motifs is 1. The number of hydrogen-bond acceptors (Lipinski definition) is 6. The van der Waals surface area contributed by atoms with Crippen LogP contribution in [0.4, 0.5) is 19.0 Å². The Morgan fingerprint density at radius 2 is 1.67 bits per heavy atom. The number of carbonyl (C=O) groups is 1. The summed E-state index contributed by atoms with van der Waals surface area (Å²) in [6.07, 6.45) is -0.733. The molecule has 4 aromatic rings. The van der Waals surface area contributed by atoms with Crippen molar-refractivity contribution in [2.75, 3.05) is 18.4 Å². The van der Waals surface area contributed by atoms with E-state index in [1.807, 2.05) is 12.1 Å². The van der Waals surface area contributed by atoms with Crippen LogP contribution in [-0.2, 0) is 12.7 Å². The molecule has 1 saturated carbocycles. The van der Waals surface area contributed by atoms with E-state index < -0.39 is 11.7 Å². The third-order valence-corrected chi connectivity index (χ3v) is 7.40. The van der Waals surface area contributed by atoms with Gasteiger partial charge in [-0.25, -0.2) is 15.0 Å². The lowest BCUT2D eigenvalue weighted by Gasteiger charge is -2.30. The maximum Gasteiger partial charge on any atom is 0.416 e. The maximum atomic E-state index is 13.1. The van der Waals surface area contributed by atoms with Crippen LogP contribution in [0.2, 0.25) is 0 Å². The second-order valence-electron chi connectivity index (χ2n) is 11.3. The van der Waals surface area contributed by atoms with Crippen LogP contribution >= 0.6 is 0 Å². The zero-order chi connectivity index (χ0) is 30.0. The fraction of sp³-hybridized carbons (Fsp3) is 0.419. The zero-order valence-corrected chi connectivity index (χ0v) is 24.2. The molecule has 222 valence electrons. The number of nitrogens with one attached hydrogen (secondary N) is 2. The summed E-state index contributed by atoms with van der Waals surface area (Å²) in [5, 5.41) is 6.43. The van der Waals surface area contributed by atoms with Gasteiger partial charge in [0.1, 0.15) is 5.52 Å². The van der Waals surface area contributed by atoms with Crippen molar-refractivity contribution in [3.05, 3.63) is 71.5 Å². The van der Waals surface area contributed by atoms with E-state index in [0.29, 0.717) is 59.1 Å². The summed E-state index contributed by atoms with van der Waals surface area (Å²) in [6.45, 7) is 10.4. The molecule has 1 aliphatic carbocycles. The molecule has 1 aliphatic rings. The molecule has 0 atom stereocenters. The number of amides is 1. The van der Waals surface area contributed by atoms with E-state index in [1.54, 1.807) is 23.0 Å². The molecule has 11 heteroatoms. The summed E-state index contributed by atoms with van der Waals surface area (Å²) in [6, 6.07) is 13.3. The number of hydrogen-bond donors (Lipinski definition) is 2. The number of benzene rings is 2. The van der Waals surface area contributed by atoms with Crippen molar-refractivity contribution in [3.8, 4) is 11.4 Å². The average molecular weight is 580 g/mol. The molecule has 2 aromatic carbocycles. The van der Waals surface area contributed by atoms with Crippen LogP contribution in [0.15, 0.2) is 54.9 Å². The number of halogens is 3. The Balaban J connectivity index is 1.45. The number of nitrogens with zero attached hydrogens (tertiary/aromatic N) is 5. The van der Waals surface area contributed by atoms with E-state index in [1.165, 1.54) is 12.1 Å². The van der Waals surface area contributed by atoms with Crippen LogP contribution in [0.1, 0.15) is 62.0 Å². The van der Waals surface area contributed by atoms with Gasteiger partial charge in [0.05, 0.1) is 18.4 Å². The molecule has 0 radical (unpaired) electrons. The van der Waals surface area contributed by atoms with Crippen molar-refractivity contribution in [1.29, 1.82) is 0 Å². The fourth-order valence-electron chi connectivity index (χ4n) is 4.99. The number of imidazole rings is 1. The third kappa shape index (κ3) is 6.89. The molecule has 0 bridgehead atoms. The molecule has 42 heavy (non-hydrogen) atoms. The van der Waals surface area contributed by atoms with Gasteiger partial charge in [0, 0.05) is 42.3 Å². The SMILES string of the molecule is CC(C)N(CCNc1nc(-c2ccc(C(=O)NC3CC3)cc2)nc2c1ncn2Cc1ccc(C(F)(F)F)cc1)C(C)C. The van der Waals surface area contributed by atoms with Gasteiger partial charge in [0.2, 0.25) is 0 Å². The molecule has 0 unspecified atom stereocenters. The quantitative estimate of drug-likeness (QED) is 0.227. The molecule has 8 nitrogen and oxygen atoms in total. The molecular formula is C31H36F3N7O. The van der Waals surface area contributed by atoms with E-state index in [0.717, 1.165) is 37.1 Å². The highest BCUT2D eigenvalue weighted by atomic mass is 19.4. The summed E-state index contributed by atoms with van der Waals surface area (Å²) < 4.78 is 41.0. The monoisotopic (exact) mass is 579 g/mol. The minimum atomic E-state index is -4.39. The van der Waals surface area contributed by atoms with Crippen molar-refractivity contribution >= 4 is 22.9 Å². The summed E-state index contributed by atoms with van der Waals surface area (Å²) in [5.74, 6) is 0.930. The Hall–Kier alpha value is -3.99. The first-order valence-electron chi connectivity index (χ1n) is 14.3. The normalized spacial score (nSPS) is 13.9. The first-order chi connectivity index (χ1) is 20.0. The van der Waals surface area contributed by atoms with Gasteiger partial charge < -0.3 is 15.2 Å². The van der Waals surface area contributed by atoms with Gasteiger partial charge in [-0.2, -0.15) is 13.2 Å². The number of anilines is 1. The van der Waals surface area contributed by atoms with Gasteiger partial charge in [-0.15, -0.1) is 0 Å². The molecule has 2 N–H and O–H groups in total. The number of rotatable bonds is 11. The van der Waals surface area contributed by atoms with E-state index in [9.17, 15) is 18.0 Å². The van der Waals surface area contributed by atoms with Crippen LogP contribution < -0.4 is 10.6 Å². The average Bonchev–Trinajstić information content (AvgIpc) is 3.68. The first-order valence-corrected chi connectivity index (χ1v) is 14.3. The standard InChI is InChI=1S/C31H36F3N7O/c1-19(2)41(20(3)4)16-15-35-28-26-29(40(18-36-26)17-21-5-11-24(12-6-21)31(32,33)34)39-27(38-28)22-7-9-23(10-8-22)30(42)37-25-13-14-25/h5-12,18-20,25H,13-17H2,1-4H3,(H,37,42)(H,35,38,39). The molecule has 2 heterocycles. The highest BCUT2D eigenvalue weighted by molar-refractivity contribution is 5.95. The Labute approximate surface area is 243 Å². The van der Waals surface area contributed by atoms with Crippen molar-refractivity contribution in [3.63, 3.8) is 0 Å². The lowest BCUT2D eigenvalue weighted by molar-refractivity contribution is -0.137. The van der Waals surface area contributed by atoms with Crippen LogP contribution in [-0.4, -0.2) is 61.5 Å². The molecule has 5 rings (SSSR count). The Morgan fingerprint density at radius 3 is 2.26 bits per heavy atom. The van der Waals surface area contributed by atoms with E-state index in [2.05, 4.69) is 48.2 Å². The number of alkyl halides is 3. The van der Waals surface area contributed by atoms with Gasteiger partial charge >= 0.3 is 6.18 Å². The minimum Gasteiger partial charge on any atom is -0.367 e. The van der Waals surface area contributed by atoms with Crippen molar-refractivity contribution in [2.24, 2.45) is 0 Å². The predicted molar refractivity (Wildman–Crippen MR) is 157 cm³/mol. The Morgan fingerprint density at radius 1 is 1.00 bits per heavy atom. The van der Waals surface area contributed by atoms with Gasteiger partial charge in [-0.1, -0.05) is 24.3 Å². The third-order valence-electron chi connectivity index (χ3n) is 7.40. The maximum absolute atomic E-state index is 13.1. The number of carbonyl (C=O) groups excluding carboxylic acids is 1. The van der Waals surface area contributed by atoms with Gasteiger partial charge in [-0.05, 0) is 70.4 Å². The molecule has 2 aromatic heterocycles. The van der Waals surface area contributed by atoms with Crippen LogP contribution in [0.5, 0.6) is 0 Å². The Kier molecular flexibility index (Phi) is 8.49. The van der Waals surface area contributed by atoms with Gasteiger partial charge in [-0.3, -0.25) is 9.69 Å². The smallest absolute Gasteiger partial charge is 0.367 e. The van der Waals surface area contributed by atoms with Crippen molar-refractivity contribution < 1.29 is 18.0 Å². The van der Waals surface area contributed by atoms with E-state index in [4.69, 9.17) is 9.97 Å². The summed E-state index contributed by atoms with van der Waals surface area (Å²) in [7, 11) is 0. The van der Waals surface area contributed by atoms with E-state index in [-0.39, 0.29) is 11.9 Å². The molecular weight excluding hydrogens is 543 g/mol. The summed E-state index contributed by atoms with van der Waals surface area (Å²) in [4.78, 5) is 29.0.